The van der Waals surface area contributed by atoms with E-state index >= 15 is 0 Å². The zero-order chi connectivity index (χ0) is 25.4. The van der Waals surface area contributed by atoms with Crippen LogP contribution in [-0.4, -0.2) is 38.0 Å². The van der Waals surface area contributed by atoms with E-state index in [0.29, 0.717) is 21.2 Å². The van der Waals surface area contributed by atoms with Gasteiger partial charge >= 0.3 is 11.7 Å². The summed E-state index contributed by atoms with van der Waals surface area (Å²) in [7, 11) is 0. The van der Waals surface area contributed by atoms with Gasteiger partial charge in [0.05, 0.1) is 22.0 Å². The number of nitro groups is 1. The normalized spacial score (nSPS) is 12.8. The molecule has 0 saturated heterocycles. The number of halogens is 2. The molecule has 0 amide bonds. The number of hydrogen-bond donors (Lipinski definition) is 1. The molecule has 10 nitrogen and oxygen atoms in total. The van der Waals surface area contributed by atoms with E-state index in [4.69, 9.17) is 16.3 Å². The van der Waals surface area contributed by atoms with Crippen LogP contribution in [-0.2, 0) is 10.2 Å². The predicted octanol–water partition coefficient (Wildman–Crippen LogP) is 4.75. The molecule has 0 saturated carbocycles. The van der Waals surface area contributed by atoms with Crippen LogP contribution in [0.15, 0.2) is 44.7 Å². The topological polar surface area (TPSA) is 137 Å². The van der Waals surface area contributed by atoms with Gasteiger partial charge in [-0.3, -0.25) is 14.9 Å². The Hall–Kier alpha value is -3.31. The van der Waals surface area contributed by atoms with Crippen molar-refractivity contribution >= 4 is 56.3 Å². The lowest BCUT2D eigenvalue weighted by atomic mass is 9.95. The molecule has 34 heavy (non-hydrogen) atoms. The van der Waals surface area contributed by atoms with E-state index in [2.05, 4.69) is 26.0 Å². The van der Waals surface area contributed by atoms with Gasteiger partial charge in [-0.1, -0.05) is 48.3 Å². The molecule has 1 N–H and O–H groups in total. The second kappa shape index (κ2) is 9.51. The lowest BCUT2D eigenvalue weighted by molar-refractivity contribution is -0.386. The Morgan fingerprint density at radius 1 is 1.35 bits per heavy atom. The first-order valence-electron chi connectivity index (χ1n) is 9.94. The van der Waals surface area contributed by atoms with E-state index in [1.165, 1.54) is 13.0 Å². The number of ether oxygens (including phenoxy) is 1. The van der Waals surface area contributed by atoms with E-state index < -0.39 is 33.7 Å². The lowest BCUT2D eigenvalue weighted by Gasteiger charge is -2.21. The predicted molar refractivity (Wildman–Crippen MR) is 131 cm³/mol. The third-order valence-electron chi connectivity index (χ3n) is 4.69. The molecule has 0 fully saturated rings. The molecule has 0 aliphatic heterocycles. The Balaban J connectivity index is 2.27. The summed E-state index contributed by atoms with van der Waals surface area (Å²) in [4.78, 5) is 40.0. The van der Waals surface area contributed by atoms with Crippen LogP contribution in [0.4, 0.5) is 5.69 Å². The Kier molecular flexibility index (Phi) is 7.08. The van der Waals surface area contributed by atoms with E-state index in [-0.39, 0.29) is 16.3 Å². The standard InChI is InChI=1S/C22H20BrClN4O6/c1-11(20(30)31)34-18-12(7-14(24)9-17(18)28(32)33)10-25-27-19(29)15-8-13(23)5-6-16(15)26-21(27)22(2,3)4/h5-11H,1-4H3,(H,30,31)/t11-/m0/s1. The SMILES string of the molecule is C[C@H](Oc1c(C=Nn2c(C(C)(C)C)nc3ccc(Br)cc3c2=O)cc(Cl)cc1[N+](=O)[O-])C(=O)O. The molecule has 0 aliphatic carbocycles. The summed E-state index contributed by atoms with van der Waals surface area (Å²) >= 11 is 9.39. The largest absolute Gasteiger partial charge is 0.479 e. The van der Waals surface area contributed by atoms with Gasteiger partial charge in [-0.05, 0) is 31.2 Å². The fraction of sp³-hybridized carbons (Fsp3) is 0.273. The number of hydrogen-bond acceptors (Lipinski definition) is 7. The molecule has 12 heteroatoms. The first kappa shape index (κ1) is 25.3. The maximum absolute atomic E-state index is 13.3. The van der Waals surface area contributed by atoms with Gasteiger partial charge in [0.2, 0.25) is 5.75 Å². The number of fused-ring (bicyclic) bond motifs is 1. The minimum Gasteiger partial charge on any atom is -0.479 e. The summed E-state index contributed by atoms with van der Waals surface area (Å²) in [5.74, 6) is -1.31. The number of carboxylic acid groups (broad SMARTS) is 1. The number of benzene rings is 2. The molecule has 3 aromatic rings. The Bertz CT molecular complexity index is 1400. The molecular weight excluding hydrogens is 532 g/mol. The molecule has 0 bridgehead atoms. The zero-order valence-corrected chi connectivity index (χ0v) is 20.9. The van der Waals surface area contributed by atoms with Crippen LogP contribution in [0.5, 0.6) is 5.75 Å². The van der Waals surface area contributed by atoms with Crippen molar-refractivity contribution in [2.45, 2.75) is 39.2 Å². The first-order valence-corrected chi connectivity index (χ1v) is 11.1. The highest BCUT2D eigenvalue weighted by atomic mass is 79.9. The van der Waals surface area contributed by atoms with E-state index in [0.717, 1.165) is 17.0 Å². The summed E-state index contributed by atoms with van der Waals surface area (Å²) in [6.07, 6.45) is -0.232. The summed E-state index contributed by atoms with van der Waals surface area (Å²) in [5, 5.41) is 25.4. The average molecular weight is 552 g/mol. The van der Waals surface area contributed by atoms with Crippen LogP contribution < -0.4 is 10.3 Å². The second-order valence-corrected chi connectivity index (χ2v) is 9.76. The summed E-state index contributed by atoms with van der Waals surface area (Å²) in [6.45, 7) is 6.81. The highest BCUT2D eigenvalue weighted by Gasteiger charge is 2.26. The van der Waals surface area contributed by atoms with Crippen molar-refractivity contribution in [2.75, 3.05) is 0 Å². The maximum Gasteiger partial charge on any atom is 0.344 e. The van der Waals surface area contributed by atoms with Crippen molar-refractivity contribution in [1.82, 2.24) is 9.66 Å². The summed E-state index contributed by atoms with van der Waals surface area (Å²) in [5.41, 5.74) is -1.07. The van der Waals surface area contributed by atoms with Crippen molar-refractivity contribution < 1.29 is 19.6 Å². The Morgan fingerprint density at radius 3 is 2.62 bits per heavy atom. The smallest absolute Gasteiger partial charge is 0.344 e. The van der Waals surface area contributed by atoms with E-state index in [1.54, 1.807) is 18.2 Å². The molecule has 178 valence electrons. The second-order valence-electron chi connectivity index (χ2n) is 8.41. The molecule has 3 rings (SSSR count). The van der Waals surface area contributed by atoms with Gasteiger partial charge in [0, 0.05) is 26.5 Å². The molecular formula is C22H20BrClN4O6. The minimum absolute atomic E-state index is 0.00689. The van der Waals surface area contributed by atoms with Crippen molar-refractivity contribution in [3.05, 3.63) is 71.7 Å². The lowest BCUT2D eigenvalue weighted by Crippen LogP contribution is -2.29. The van der Waals surface area contributed by atoms with Gasteiger partial charge in [0.15, 0.2) is 6.10 Å². The van der Waals surface area contributed by atoms with Crippen LogP contribution in [0.2, 0.25) is 5.02 Å². The third-order valence-corrected chi connectivity index (χ3v) is 5.40. The van der Waals surface area contributed by atoms with Crippen LogP contribution in [0, 0.1) is 10.1 Å². The van der Waals surface area contributed by atoms with E-state index in [1.807, 2.05) is 20.8 Å². The number of carboxylic acids is 1. The Morgan fingerprint density at radius 2 is 2.03 bits per heavy atom. The highest BCUT2D eigenvalue weighted by molar-refractivity contribution is 9.10. The Labute approximate surface area is 207 Å². The quantitative estimate of drug-likeness (QED) is 0.265. The van der Waals surface area contributed by atoms with Crippen LogP contribution in [0.3, 0.4) is 0 Å². The van der Waals surface area contributed by atoms with Crippen LogP contribution in [0.1, 0.15) is 39.1 Å². The first-order chi connectivity index (χ1) is 15.8. The highest BCUT2D eigenvalue weighted by Crippen LogP contribution is 2.34. The molecule has 0 aliphatic rings. The third kappa shape index (κ3) is 5.26. The summed E-state index contributed by atoms with van der Waals surface area (Å²) in [6, 6.07) is 7.48. The number of nitro benzene ring substituents is 1. The van der Waals surface area contributed by atoms with Crippen molar-refractivity contribution in [3.63, 3.8) is 0 Å². The van der Waals surface area contributed by atoms with Gasteiger partial charge in [0.25, 0.3) is 5.56 Å². The fourth-order valence-corrected chi connectivity index (χ4v) is 3.63. The molecule has 1 atom stereocenters. The number of aliphatic carboxylic acids is 1. The summed E-state index contributed by atoms with van der Waals surface area (Å²) < 4.78 is 7.14. The number of nitrogens with zero attached hydrogens (tertiary/aromatic N) is 4. The maximum atomic E-state index is 13.3. The van der Waals surface area contributed by atoms with Gasteiger partial charge in [-0.2, -0.15) is 9.78 Å². The van der Waals surface area contributed by atoms with Gasteiger partial charge in [-0.25, -0.2) is 9.78 Å². The minimum atomic E-state index is -1.39. The molecule has 1 heterocycles. The van der Waals surface area contributed by atoms with Crippen molar-refractivity contribution in [1.29, 1.82) is 0 Å². The zero-order valence-electron chi connectivity index (χ0n) is 18.6. The molecule has 1 aromatic heterocycles. The van der Waals surface area contributed by atoms with Gasteiger partial charge < -0.3 is 9.84 Å². The molecule has 0 unspecified atom stereocenters. The fourth-order valence-electron chi connectivity index (χ4n) is 3.05. The van der Waals surface area contributed by atoms with Gasteiger partial charge in [0.1, 0.15) is 5.82 Å². The van der Waals surface area contributed by atoms with Crippen LogP contribution in [0.25, 0.3) is 10.9 Å². The van der Waals surface area contributed by atoms with E-state index in [9.17, 15) is 24.8 Å². The number of rotatable bonds is 6. The monoisotopic (exact) mass is 550 g/mol. The average Bonchev–Trinajstić information content (AvgIpc) is 2.73. The molecule has 0 spiro atoms. The van der Waals surface area contributed by atoms with Crippen molar-refractivity contribution in [3.8, 4) is 5.75 Å². The van der Waals surface area contributed by atoms with Crippen molar-refractivity contribution in [2.24, 2.45) is 5.10 Å². The number of aromatic nitrogens is 2. The van der Waals surface area contributed by atoms with Gasteiger partial charge in [-0.15, -0.1) is 0 Å². The number of carbonyl (C=O) groups is 1. The van der Waals surface area contributed by atoms with Crippen LogP contribution >= 0.6 is 27.5 Å². The molecule has 0 radical (unpaired) electrons. The molecule has 2 aromatic carbocycles.